The molecule has 1 aromatic rings. The smallest absolute Gasteiger partial charge is 0.423 e. The van der Waals surface area contributed by atoms with Gasteiger partial charge in [0.2, 0.25) is 6.20 Å². The number of hydrogen-bond donors (Lipinski definition) is 2. The zero-order chi connectivity index (χ0) is 10.6. The summed E-state index contributed by atoms with van der Waals surface area (Å²) >= 11 is 0. The summed E-state index contributed by atoms with van der Waals surface area (Å²) in [6.07, 6.45) is 2.08. The number of nitrogens with zero attached hydrogens (tertiary/aromatic N) is 1. The minimum Gasteiger partial charge on any atom is -0.423 e. The van der Waals surface area contributed by atoms with E-state index < -0.39 is 12.0 Å². The van der Waals surface area contributed by atoms with Crippen LogP contribution in [0.15, 0.2) is 30.5 Å². The quantitative estimate of drug-likeness (QED) is 0.389. The Morgan fingerprint density at radius 1 is 1.43 bits per heavy atom. The summed E-state index contributed by atoms with van der Waals surface area (Å²) in [6, 6.07) is 6.21. The molecule has 0 amide bonds. The van der Waals surface area contributed by atoms with Crippen LogP contribution in [0.5, 0.6) is 0 Å². The van der Waals surface area contributed by atoms with Crippen molar-refractivity contribution in [3.63, 3.8) is 0 Å². The average Bonchev–Trinajstić information content (AvgIpc) is 2.15. The molecular formula is C8H8BNO4. The summed E-state index contributed by atoms with van der Waals surface area (Å²) in [5, 5.41) is 27.7. The molecular weight excluding hydrogens is 185 g/mol. The normalized spacial score (nSPS) is 10.4. The van der Waals surface area contributed by atoms with Gasteiger partial charge in [-0.1, -0.05) is 24.3 Å². The topological polar surface area (TPSA) is 83.6 Å². The molecule has 14 heavy (non-hydrogen) atoms. The molecule has 0 aliphatic heterocycles. The van der Waals surface area contributed by atoms with Crippen molar-refractivity contribution in [2.75, 3.05) is 0 Å². The highest BCUT2D eigenvalue weighted by Gasteiger charge is 2.09. The molecule has 0 saturated heterocycles. The van der Waals surface area contributed by atoms with E-state index in [-0.39, 0.29) is 0 Å². The number of rotatable bonds is 3. The van der Waals surface area contributed by atoms with Crippen molar-refractivity contribution >= 4 is 18.7 Å². The highest BCUT2D eigenvalue weighted by Crippen LogP contribution is 1.99. The number of hydrogen-bond acceptors (Lipinski definition) is 4. The van der Waals surface area contributed by atoms with Gasteiger partial charge in [0.1, 0.15) is 0 Å². The van der Waals surface area contributed by atoms with Crippen LogP contribution in [0.1, 0.15) is 5.56 Å². The Balaban J connectivity index is 2.89. The van der Waals surface area contributed by atoms with E-state index in [1.54, 1.807) is 12.1 Å². The summed E-state index contributed by atoms with van der Waals surface area (Å²) < 4.78 is 0. The molecule has 1 rings (SSSR count). The van der Waals surface area contributed by atoms with Gasteiger partial charge in [-0.05, 0) is 11.0 Å². The van der Waals surface area contributed by atoms with Gasteiger partial charge < -0.3 is 10.0 Å². The molecule has 0 aromatic heterocycles. The lowest BCUT2D eigenvalue weighted by atomic mass is 9.80. The lowest BCUT2D eigenvalue weighted by molar-refractivity contribution is -0.400. The Morgan fingerprint density at radius 3 is 2.71 bits per heavy atom. The molecule has 0 spiro atoms. The van der Waals surface area contributed by atoms with Crippen LogP contribution in [0.25, 0.3) is 6.08 Å². The molecule has 6 heteroatoms. The van der Waals surface area contributed by atoms with Gasteiger partial charge in [-0.15, -0.1) is 0 Å². The minimum atomic E-state index is -1.56. The Hall–Kier alpha value is -1.66. The monoisotopic (exact) mass is 193 g/mol. The maximum atomic E-state index is 10.0. The van der Waals surface area contributed by atoms with Crippen LogP contribution in [0.4, 0.5) is 0 Å². The molecule has 0 radical (unpaired) electrons. The largest absolute Gasteiger partial charge is 0.488 e. The van der Waals surface area contributed by atoms with E-state index in [1.807, 2.05) is 0 Å². The molecule has 1 aromatic carbocycles. The van der Waals surface area contributed by atoms with Gasteiger partial charge in [-0.3, -0.25) is 10.1 Å². The predicted molar refractivity (Wildman–Crippen MR) is 52.3 cm³/mol. The highest BCUT2D eigenvalue weighted by molar-refractivity contribution is 6.58. The first kappa shape index (κ1) is 10.4. The van der Waals surface area contributed by atoms with E-state index >= 15 is 0 Å². The Kier molecular flexibility index (Phi) is 3.38. The molecule has 0 fully saturated rings. The van der Waals surface area contributed by atoms with Crippen molar-refractivity contribution in [3.05, 3.63) is 46.1 Å². The van der Waals surface area contributed by atoms with Crippen molar-refractivity contribution in [1.29, 1.82) is 0 Å². The average molecular weight is 193 g/mol. The lowest BCUT2D eigenvalue weighted by Gasteiger charge is -1.99. The van der Waals surface area contributed by atoms with Crippen LogP contribution in [-0.4, -0.2) is 22.1 Å². The molecule has 0 aliphatic rings. The Labute approximate surface area is 80.6 Å². The maximum Gasteiger partial charge on any atom is 0.488 e. The zero-order valence-electron chi connectivity index (χ0n) is 7.20. The second kappa shape index (κ2) is 4.54. The van der Waals surface area contributed by atoms with E-state index in [4.69, 9.17) is 10.0 Å². The highest BCUT2D eigenvalue weighted by atomic mass is 16.6. The summed E-state index contributed by atoms with van der Waals surface area (Å²) in [6.45, 7) is 0. The fraction of sp³-hybridized carbons (Fsp3) is 0. The van der Waals surface area contributed by atoms with Gasteiger partial charge in [0.05, 0.1) is 4.92 Å². The second-order valence-electron chi connectivity index (χ2n) is 2.64. The fourth-order valence-corrected chi connectivity index (χ4v) is 0.970. The summed E-state index contributed by atoms with van der Waals surface area (Å²) in [7, 11) is -1.56. The van der Waals surface area contributed by atoms with Gasteiger partial charge in [0, 0.05) is 6.08 Å². The molecule has 0 saturated carbocycles. The standard InChI is InChI=1S/C8H8BNO4/c11-9(12)8-3-1-2-7(6-8)4-5-10(13)14/h1-6,11-12H/b5-4+. The molecule has 0 heterocycles. The van der Waals surface area contributed by atoms with Crippen LogP contribution >= 0.6 is 0 Å². The van der Waals surface area contributed by atoms with Crippen LogP contribution in [0.2, 0.25) is 0 Å². The Morgan fingerprint density at radius 2 is 2.14 bits per heavy atom. The Bertz CT molecular complexity index is 364. The van der Waals surface area contributed by atoms with E-state index in [0.717, 1.165) is 6.20 Å². The molecule has 0 aliphatic carbocycles. The van der Waals surface area contributed by atoms with Crippen molar-refractivity contribution in [1.82, 2.24) is 0 Å². The van der Waals surface area contributed by atoms with Crippen LogP contribution in [-0.2, 0) is 0 Å². The van der Waals surface area contributed by atoms with Gasteiger partial charge >= 0.3 is 7.12 Å². The van der Waals surface area contributed by atoms with Crippen molar-refractivity contribution in [3.8, 4) is 0 Å². The first-order valence-electron chi connectivity index (χ1n) is 3.87. The fourth-order valence-electron chi connectivity index (χ4n) is 0.970. The van der Waals surface area contributed by atoms with Crippen LogP contribution in [0, 0.1) is 10.1 Å². The minimum absolute atomic E-state index is 0.301. The predicted octanol–water partition coefficient (Wildman–Crippen LogP) is -0.386. The SMILES string of the molecule is O=[N+]([O-])/C=C/c1cccc(B(O)O)c1. The first-order valence-corrected chi connectivity index (χ1v) is 3.87. The van der Waals surface area contributed by atoms with E-state index in [9.17, 15) is 10.1 Å². The first-order chi connectivity index (χ1) is 6.59. The van der Waals surface area contributed by atoms with E-state index in [1.165, 1.54) is 18.2 Å². The third-order valence-electron chi connectivity index (χ3n) is 1.60. The molecule has 5 nitrogen and oxygen atoms in total. The summed E-state index contributed by atoms with van der Waals surface area (Å²) in [4.78, 5) is 9.43. The number of nitro groups is 1. The molecule has 72 valence electrons. The third-order valence-corrected chi connectivity index (χ3v) is 1.60. The van der Waals surface area contributed by atoms with Gasteiger partial charge in [0.15, 0.2) is 0 Å². The molecule has 0 bridgehead atoms. The molecule has 0 unspecified atom stereocenters. The summed E-state index contributed by atoms with van der Waals surface area (Å²) in [5.41, 5.74) is 0.850. The van der Waals surface area contributed by atoms with Crippen LogP contribution < -0.4 is 5.46 Å². The van der Waals surface area contributed by atoms with Crippen molar-refractivity contribution < 1.29 is 15.0 Å². The third kappa shape index (κ3) is 3.00. The zero-order valence-corrected chi connectivity index (χ0v) is 7.20. The number of benzene rings is 1. The second-order valence-corrected chi connectivity index (χ2v) is 2.64. The summed E-state index contributed by atoms with van der Waals surface area (Å²) in [5.74, 6) is 0. The van der Waals surface area contributed by atoms with Crippen LogP contribution in [0.3, 0.4) is 0 Å². The maximum absolute atomic E-state index is 10.0. The molecule has 0 atom stereocenters. The molecule has 2 N–H and O–H groups in total. The van der Waals surface area contributed by atoms with Gasteiger partial charge in [-0.2, -0.15) is 0 Å². The van der Waals surface area contributed by atoms with Gasteiger partial charge in [0.25, 0.3) is 0 Å². The van der Waals surface area contributed by atoms with Gasteiger partial charge in [-0.25, -0.2) is 0 Å². The van der Waals surface area contributed by atoms with E-state index in [2.05, 4.69) is 0 Å². The van der Waals surface area contributed by atoms with Crippen molar-refractivity contribution in [2.24, 2.45) is 0 Å². The lowest BCUT2D eigenvalue weighted by Crippen LogP contribution is -2.29. The van der Waals surface area contributed by atoms with Crippen molar-refractivity contribution in [2.45, 2.75) is 0 Å². The van der Waals surface area contributed by atoms with E-state index in [0.29, 0.717) is 11.0 Å².